The standard InChI is InChI=1S/C47H31N3/c1-3-14-31(15-4-1)33-18-11-21-36(28-33)45-41-30-35-20-13-25-38(44(35)46(41)49-47(48-45)32-16-5-2-6-17-32)34-19-12-22-37(29-34)50-42-26-9-7-23-39(42)40-24-8-10-27-43(40)50/h1-29H,30H2. The number of rotatable bonds is 5. The van der Waals surface area contributed by atoms with Crippen molar-refractivity contribution in [3.63, 3.8) is 0 Å². The van der Waals surface area contributed by atoms with E-state index in [-0.39, 0.29) is 0 Å². The molecule has 9 aromatic rings. The third kappa shape index (κ3) is 4.59. The minimum absolute atomic E-state index is 0.742. The summed E-state index contributed by atoms with van der Waals surface area (Å²) in [6.45, 7) is 0. The van der Waals surface area contributed by atoms with Gasteiger partial charge in [0.1, 0.15) is 0 Å². The maximum Gasteiger partial charge on any atom is 0.160 e. The summed E-state index contributed by atoms with van der Waals surface area (Å²) in [7, 11) is 0. The van der Waals surface area contributed by atoms with Gasteiger partial charge in [-0.1, -0.05) is 146 Å². The lowest BCUT2D eigenvalue weighted by Gasteiger charge is -2.15. The number of fused-ring (bicyclic) bond motifs is 6. The van der Waals surface area contributed by atoms with Crippen LogP contribution in [0.25, 0.3) is 83.6 Å². The molecule has 0 bridgehead atoms. The first-order valence-corrected chi connectivity index (χ1v) is 17.1. The molecule has 0 N–H and O–H groups in total. The Labute approximate surface area is 290 Å². The molecule has 10 rings (SSSR count). The van der Waals surface area contributed by atoms with Crippen LogP contribution in [0, 0.1) is 0 Å². The Morgan fingerprint density at radius 1 is 0.420 bits per heavy atom. The lowest BCUT2D eigenvalue weighted by Crippen LogP contribution is -2.00. The van der Waals surface area contributed by atoms with E-state index in [0.717, 1.165) is 40.4 Å². The lowest BCUT2D eigenvalue weighted by molar-refractivity contribution is 1.13. The van der Waals surface area contributed by atoms with Gasteiger partial charge in [-0.05, 0) is 58.1 Å². The summed E-state index contributed by atoms with van der Waals surface area (Å²) in [6, 6.07) is 62.7. The molecule has 234 valence electrons. The van der Waals surface area contributed by atoms with E-state index in [0.29, 0.717) is 0 Å². The molecule has 0 fully saturated rings. The first-order chi connectivity index (χ1) is 24.8. The Balaban J connectivity index is 1.17. The average molecular weight is 638 g/mol. The van der Waals surface area contributed by atoms with E-state index in [1.54, 1.807) is 0 Å². The van der Waals surface area contributed by atoms with Crippen molar-refractivity contribution in [3.8, 4) is 61.8 Å². The van der Waals surface area contributed by atoms with Crippen molar-refractivity contribution < 1.29 is 0 Å². The first-order valence-electron chi connectivity index (χ1n) is 17.1. The number of benzene rings is 7. The summed E-state index contributed by atoms with van der Waals surface area (Å²) in [5.74, 6) is 0.742. The zero-order valence-electron chi connectivity index (χ0n) is 27.3. The molecule has 0 saturated carbocycles. The molecule has 0 radical (unpaired) electrons. The van der Waals surface area contributed by atoms with Crippen LogP contribution in [-0.4, -0.2) is 14.5 Å². The van der Waals surface area contributed by atoms with Gasteiger partial charge in [0.25, 0.3) is 0 Å². The van der Waals surface area contributed by atoms with Crippen molar-refractivity contribution in [1.29, 1.82) is 0 Å². The van der Waals surface area contributed by atoms with Crippen molar-refractivity contribution in [2.45, 2.75) is 6.42 Å². The van der Waals surface area contributed by atoms with Gasteiger partial charge in [-0.3, -0.25) is 0 Å². The Bertz CT molecular complexity index is 2670. The summed E-state index contributed by atoms with van der Waals surface area (Å²) in [5, 5.41) is 2.52. The summed E-state index contributed by atoms with van der Waals surface area (Å²) in [6.07, 6.45) is 0.783. The molecule has 0 spiro atoms. The fourth-order valence-electron chi connectivity index (χ4n) is 7.76. The minimum atomic E-state index is 0.742. The highest BCUT2D eigenvalue weighted by Crippen LogP contribution is 2.46. The van der Waals surface area contributed by atoms with E-state index in [4.69, 9.17) is 9.97 Å². The normalized spacial score (nSPS) is 11.9. The predicted molar refractivity (Wildman–Crippen MR) is 206 cm³/mol. The van der Waals surface area contributed by atoms with E-state index >= 15 is 0 Å². The zero-order valence-corrected chi connectivity index (χ0v) is 27.3. The van der Waals surface area contributed by atoms with Gasteiger partial charge in [0.05, 0.1) is 22.4 Å². The maximum absolute atomic E-state index is 5.36. The van der Waals surface area contributed by atoms with Crippen molar-refractivity contribution in [1.82, 2.24) is 14.5 Å². The molecule has 2 aromatic heterocycles. The molecule has 2 heterocycles. The molecule has 1 aliphatic carbocycles. The quantitative estimate of drug-likeness (QED) is 0.188. The van der Waals surface area contributed by atoms with Crippen LogP contribution in [0.1, 0.15) is 11.1 Å². The Morgan fingerprint density at radius 3 is 1.76 bits per heavy atom. The molecule has 7 aromatic carbocycles. The second-order valence-electron chi connectivity index (χ2n) is 13.0. The van der Waals surface area contributed by atoms with Crippen LogP contribution in [0.15, 0.2) is 176 Å². The van der Waals surface area contributed by atoms with Crippen molar-refractivity contribution in [2.75, 3.05) is 0 Å². The molecule has 50 heavy (non-hydrogen) atoms. The molecular weight excluding hydrogens is 607 g/mol. The van der Waals surface area contributed by atoms with E-state index in [2.05, 4.69) is 174 Å². The fourth-order valence-corrected chi connectivity index (χ4v) is 7.76. The molecule has 0 amide bonds. The maximum atomic E-state index is 5.36. The number of nitrogens with zero attached hydrogens (tertiary/aromatic N) is 3. The molecule has 3 heteroatoms. The van der Waals surface area contributed by atoms with E-state index in [1.807, 2.05) is 6.07 Å². The summed E-state index contributed by atoms with van der Waals surface area (Å²) in [5.41, 5.74) is 16.0. The van der Waals surface area contributed by atoms with Crippen LogP contribution in [0.3, 0.4) is 0 Å². The second-order valence-corrected chi connectivity index (χ2v) is 13.0. The van der Waals surface area contributed by atoms with Crippen LogP contribution < -0.4 is 0 Å². The van der Waals surface area contributed by atoms with E-state index in [1.165, 1.54) is 60.8 Å². The highest BCUT2D eigenvalue weighted by atomic mass is 15.0. The largest absolute Gasteiger partial charge is 0.309 e. The Hall–Kier alpha value is -6.58. The first kappa shape index (κ1) is 28.4. The van der Waals surface area contributed by atoms with E-state index in [9.17, 15) is 0 Å². The van der Waals surface area contributed by atoms with E-state index < -0.39 is 0 Å². The summed E-state index contributed by atoms with van der Waals surface area (Å²) < 4.78 is 2.39. The predicted octanol–water partition coefficient (Wildman–Crippen LogP) is 11.8. The average Bonchev–Trinajstić information content (AvgIpc) is 3.74. The highest BCUT2D eigenvalue weighted by Gasteiger charge is 2.29. The van der Waals surface area contributed by atoms with Crippen molar-refractivity contribution in [2.24, 2.45) is 0 Å². The van der Waals surface area contributed by atoms with Gasteiger partial charge in [-0.15, -0.1) is 0 Å². The second kappa shape index (κ2) is 11.5. The van der Waals surface area contributed by atoms with Gasteiger partial charge in [-0.25, -0.2) is 9.97 Å². The third-order valence-electron chi connectivity index (χ3n) is 10.0. The van der Waals surface area contributed by atoms with Gasteiger partial charge in [0.2, 0.25) is 0 Å². The number of hydrogen-bond donors (Lipinski definition) is 0. The molecule has 0 saturated heterocycles. The molecule has 3 nitrogen and oxygen atoms in total. The molecule has 0 atom stereocenters. The number of aromatic nitrogens is 3. The van der Waals surface area contributed by atoms with Gasteiger partial charge in [0.15, 0.2) is 5.82 Å². The monoisotopic (exact) mass is 637 g/mol. The van der Waals surface area contributed by atoms with Gasteiger partial charge in [0, 0.05) is 45.1 Å². The minimum Gasteiger partial charge on any atom is -0.309 e. The van der Waals surface area contributed by atoms with Crippen LogP contribution in [0.4, 0.5) is 0 Å². The molecular formula is C47H31N3. The van der Waals surface area contributed by atoms with Gasteiger partial charge >= 0.3 is 0 Å². The summed E-state index contributed by atoms with van der Waals surface area (Å²) in [4.78, 5) is 10.7. The lowest BCUT2D eigenvalue weighted by atomic mass is 9.95. The third-order valence-corrected chi connectivity index (χ3v) is 10.0. The van der Waals surface area contributed by atoms with Crippen LogP contribution in [0.5, 0.6) is 0 Å². The van der Waals surface area contributed by atoms with Gasteiger partial charge in [-0.2, -0.15) is 0 Å². The molecule has 0 aliphatic heterocycles. The number of hydrogen-bond acceptors (Lipinski definition) is 2. The fraction of sp³-hybridized carbons (Fsp3) is 0.0213. The van der Waals surface area contributed by atoms with Crippen molar-refractivity contribution >= 4 is 21.8 Å². The smallest absolute Gasteiger partial charge is 0.160 e. The summed E-state index contributed by atoms with van der Waals surface area (Å²) >= 11 is 0. The van der Waals surface area contributed by atoms with Crippen LogP contribution in [0.2, 0.25) is 0 Å². The van der Waals surface area contributed by atoms with Crippen molar-refractivity contribution in [3.05, 3.63) is 187 Å². The Morgan fingerprint density at radius 2 is 1.00 bits per heavy atom. The topological polar surface area (TPSA) is 30.7 Å². The number of para-hydroxylation sites is 2. The molecule has 0 unspecified atom stereocenters. The zero-order chi connectivity index (χ0) is 33.0. The highest BCUT2D eigenvalue weighted by molar-refractivity contribution is 6.09. The Kier molecular flexibility index (Phi) is 6.56. The van der Waals surface area contributed by atoms with Crippen LogP contribution >= 0.6 is 0 Å². The molecule has 1 aliphatic rings. The van der Waals surface area contributed by atoms with Gasteiger partial charge < -0.3 is 4.57 Å². The van der Waals surface area contributed by atoms with Crippen LogP contribution in [-0.2, 0) is 6.42 Å². The SMILES string of the molecule is c1ccc(-c2cccc(-c3nc(-c4ccccc4)nc4c3Cc3cccc(-c5cccc(-n6c7ccccc7c7ccccc76)c5)c3-4)c2)cc1.